The van der Waals surface area contributed by atoms with Gasteiger partial charge in [-0.1, -0.05) is 6.92 Å². The molecule has 0 radical (unpaired) electrons. The van der Waals surface area contributed by atoms with Gasteiger partial charge in [0.05, 0.1) is 13.7 Å². The summed E-state index contributed by atoms with van der Waals surface area (Å²) in [4.78, 5) is 11.3. The Morgan fingerprint density at radius 2 is 1.89 bits per heavy atom. The first-order chi connectivity index (χ1) is 9.01. The molecule has 0 aromatic heterocycles. The molecule has 0 unspecified atom stereocenters. The monoisotopic (exact) mass is 264 g/mol. The lowest BCUT2D eigenvalue weighted by molar-refractivity contribution is -0.140. The molecule has 0 bridgehead atoms. The maximum absolute atomic E-state index is 11.3. The molecule has 0 N–H and O–H groups in total. The van der Waals surface area contributed by atoms with Crippen LogP contribution in [0.3, 0.4) is 0 Å². The van der Waals surface area contributed by atoms with E-state index in [1.807, 2.05) is 0 Å². The summed E-state index contributed by atoms with van der Waals surface area (Å²) in [6, 6.07) is 2.07. The van der Waals surface area contributed by atoms with Crippen molar-refractivity contribution in [3.8, 4) is 5.75 Å². The third-order valence-corrected chi connectivity index (χ3v) is 3.48. The number of hydrogen-bond donors (Lipinski definition) is 0. The van der Waals surface area contributed by atoms with Crippen LogP contribution in [0.4, 0.5) is 0 Å². The summed E-state index contributed by atoms with van der Waals surface area (Å²) in [5.41, 5.74) is 4.79. The highest BCUT2D eigenvalue weighted by atomic mass is 16.5. The number of carbonyl (C=O) groups is 1. The van der Waals surface area contributed by atoms with Crippen LogP contribution in [-0.4, -0.2) is 19.7 Å². The number of aryl methyl sites for hydroxylation is 1. The lowest BCUT2D eigenvalue weighted by atomic mass is 9.94. The van der Waals surface area contributed by atoms with Gasteiger partial charge in [0.1, 0.15) is 5.75 Å². The topological polar surface area (TPSA) is 35.5 Å². The van der Waals surface area contributed by atoms with Crippen molar-refractivity contribution in [3.63, 3.8) is 0 Å². The van der Waals surface area contributed by atoms with Gasteiger partial charge in [0.2, 0.25) is 0 Å². The number of hydrogen-bond acceptors (Lipinski definition) is 3. The van der Waals surface area contributed by atoms with Crippen LogP contribution in [0.25, 0.3) is 0 Å². The van der Waals surface area contributed by atoms with Crippen LogP contribution >= 0.6 is 0 Å². The Hall–Kier alpha value is -1.51. The van der Waals surface area contributed by atoms with Gasteiger partial charge in [-0.05, 0) is 61.9 Å². The molecular formula is C16H24O3. The smallest absolute Gasteiger partial charge is 0.305 e. The van der Waals surface area contributed by atoms with Crippen molar-refractivity contribution in [1.82, 2.24) is 0 Å². The molecule has 0 saturated carbocycles. The summed E-state index contributed by atoms with van der Waals surface area (Å²) in [6.45, 7) is 9.06. The average molecular weight is 264 g/mol. The molecule has 3 heteroatoms. The van der Waals surface area contributed by atoms with Gasteiger partial charge < -0.3 is 9.47 Å². The van der Waals surface area contributed by atoms with Gasteiger partial charge in [-0.3, -0.25) is 4.79 Å². The molecule has 0 atom stereocenters. The zero-order chi connectivity index (χ0) is 14.4. The molecule has 106 valence electrons. The van der Waals surface area contributed by atoms with Crippen molar-refractivity contribution in [2.75, 3.05) is 13.7 Å². The first kappa shape index (κ1) is 15.5. The maximum Gasteiger partial charge on any atom is 0.305 e. The fraction of sp³-hybridized carbons (Fsp3) is 0.562. The zero-order valence-electron chi connectivity index (χ0n) is 12.6. The van der Waals surface area contributed by atoms with Crippen molar-refractivity contribution in [1.29, 1.82) is 0 Å². The predicted octanol–water partition coefficient (Wildman–Crippen LogP) is 3.51. The minimum absolute atomic E-state index is 0.164. The lowest BCUT2D eigenvalue weighted by Crippen LogP contribution is -2.06. The second-order valence-electron chi connectivity index (χ2n) is 4.84. The average Bonchev–Trinajstić information content (AvgIpc) is 2.40. The summed E-state index contributed by atoms with van der Waals surface area (Å²) in [7, 11) is 1.43. The number of rotatable bonds is 6. The van der Waals surface area contributed by atoms with E-state index in [-0.39, 0.29) is 5.97 Å². The largest absolute Gasteiger partial charge is 0.493 e. The molecule has 0 aliphatic rings. The summed E-state index contributed by atoms with van der Waals surface area (Å²) in [6.07, 6.45) is 2.15. The molecule has 0 aliphatic carbocycles. The number of methoxy groups -OCH3 is 1. The number of carbonyl (C=O) groups excluding carboxylic acids is 1. The Morgan fingerprint density at radius 1 is 1.21 bits per heavy atom. The molecule has 0 saturated heterocycles. The third kappa shape index (κ3) is 3.98. The van der Waals surface area contributed by atoms with Gasteiger partial charge in [-0.25, -0.2) is 0 Å². The van der Waals surface area contributed by atoms with Gasteiger partial charge in [0.25, 0.3) is 0 Å². The fourth-order valence-electron chi connectivity index (χ4n) is 2.17. The Kier molecular flexibility index (Phi) is 5.87. The maximum atomic E-state index is 11.3. The highest BCUT2D eigenvalue weighted by Crippen LogP contribution is 2.28. The Bertz CT molecular complexity index is 450. The summed E-state index contributed by atoms with van der Waals surface area (Å²) < 4.78 is 10.5. The minimum Gasteiger partial charge on any atom is -0.493 e. The van der Waals surface area contributed by atoms with Crippen molar-refractivity contribution < 1.29 is 14.3 Å². The van der Waals surface area contributed by atoms with Crippen LogP contribution in [0.5, 0.6) is 5.75 Å². The van der Waals surface area contributed by atoms with Gasteiger partial charge in [-0.15, -0.1) is 0 Å². The lowest BCUT2D eigenvalue weighted by Gasteiger charge is -2.17. The van der Waals surface area contributed by atoms with E-state index in [1.54, 1.807) is 0 Å². The Morgan fingerprint density at radius 3 is 2.47 bits per heavy atom. The molecule has 3 nitrogen and oxygen atoms in total. The SMILES string of the molecule is CCCOc1cc(C)c(CCC(=O)OC)c(C)c1C. The van der Waals surface area contributed by atoms with Gasteiger partial charge in [0, 0.05) is 6.42 Å². The third-order valence-electron chi connectivity index (χ3n) is 3.48. The molecule has 0 spiro atoms. The first-order valence-electron chi connectivity index (χ1n) is 6.80. The summed E-state index contributed by atoms with van der Waals surface area (Å²) in [5, 5.41) is 0. The van der Waals surface area contributed by atoms with Gasteiger partial charge >= 0.3 is 5.97 Å². The van der Waals surface area contributed by atoms with E-state index in [9.17, 15) is 4.79 Å². The van der Waals surface area contributed by atoms with Crippen molar-refractivity contribution >= 4 is 5.97 Å². The van der Waals surface area contributed by atoms with Gasteiger partial charge in [-0.2, -0.15) is 0 Å². The van der Waals surface area contributed by atoms with E-state index in [0.29, 0.717) is 6.42 Å². The summed E-state index contributed by atoms with van der Waals surface area (Å²) >= 11 is 0. The standard InChI is InChI=1S/C16H24O3/c1-6-9-19-15-10-11(2)14(12(3)13(15)4)7-8-16(17)18-5/h10H,6-9H2,1-5H3. The van der Waals surface area contributed by atoms with Crippen LogP contribution in [0, 0.1) is 20.8 Å². The first-order valence-corrected chi connectivity index (χ1v) is 6.80. The van der Waals surface area contributed by atoms with E-state index < -0.39 is 0 Å². The second kappa shape index (κ2) is 7.17. The minimum atomic E-state index is -0.164. The van der Waals surface area contributed by atoms with Crippen LogP contribution in [0.2, 0.25) is 0 Å². The number of ether oxygens (including phenoxy) is 2. The van der Waals surface area contributed by atoms with Crippen LogP contribution in [-0.2, 0) is 16.0 Å². The molecule has 19 heavy (non-hydrogen) atoms. The van der Waals surface area contributed by atoms with Crippen LogP contribution in [0.15, 0.2) is 6.07 Å². The quantitative estimate of drug-likeness (QED) is 0.738. The van der Waals surface area contributed by atoms with E-state index >= 15 is 0 Å². The van der Waals surface area contributed by atoms with E-state index in [0.717, 1.165) is 25.2 Å². The van der Waals surface area contributed by atoms with Crippen molar-refractivity contribution in [2.24, 2.45) is 0 Å². The van der Waals surface area contributed by atoms with E-state index in [4.69, 9.17) is 9.47 Å². The van der Waals surface area contributed by atoms with Crippen molar-refractivity contribution in [2.45, 2.75) is 47.0 Å². The number of esters is 1. The fourth-order valence-corrected chi connectivity index (χ4v) is 2.17. The molecule has 0 aliphatic heterocycles. The molecule has 1 aromatic carbocycles. The highest BCUT2D eigenvalue weighted by molar-refractivity contribution is 5.69. The van der Waals surface area contributed by atoms with Crippen LogP contribution in [0.1, 0.15) is 42.0 Å². The molecule has 1 aromatic rings. The molecule has 1 rings (SSSR count). The van der Waals surface area contributed by atoms with Gasteiger partial charge in [0.15, 0.2) is 0 Å². The number of benzene rings is 1. The molecule has 0 amide bonds. The molecular weight excluding hydrogens is 240 g/mol. The molecule has 0 fully saturated rings. The van der Waals surface area contributed by atoms with E-state index in [2.05, 4.69) is 33.8 Å². The Labute approximate surface area is 115 Å². The predicted molar refractivity (Wildman–Crippen MR) is 76.8 cm³/mol. The van der Waals surface area contributed by atoms with E-state index in [1.165, 1.54) is 29.4 Å². The Balaban J connectivity index is 2.94. The normalized spacial score (nSPS) is 10.4. The van der Waals surface area contributed by atoms with Crippen LogP contribution < -0.4 is 4.74 Å². The zero-order valence-corrected chi connectivity index (χ0v) is 12.6. The van der Waals surface area contributed by atoms with Crippen molar-refractivity contribution in [3.05, 3.63) is 28.3 Å². The second-order valence-corrected chi connectivity index (χ2v) is 4.84. The molecule has 0 heterocycles. The summed E-state index contributed by atoms with van der Waals surface area (Å²) in [5.74, 6) is 0.793. The highest BCUT2D eigenvalue weighted by Gasteiger charge is 2.12.